The van der Waals surface area contributed by atoms with E-state index in [1.807, 2.05) is 0 Å². The first kappa shape index (κ1) is 13.6. The van der Waals surface area contributed by atoms with Gasteiger partial charge in [0.1, 0.15) is 5.52 Å². The molecule has 6 nitrogen and oxygen atoms in total. The van der Waals surface area contributed by atoms with Crippen molar-refractivity contribution >= 4 is 28.8 Å². The summed E-state index contributed by atoms with van der Waals surface area (Å²) in [7, 11) is 1.77. The van der Waals surface area contributed by atoms with E-state index in [2.05, 4.69) is 10.1 Å². The maximum absolute atomic E-state index is 13.9. The molecule has 0 aliphatic carbocycles. The van der Waals surface area contributed by atoms with Gasteiger partial charge in [-0.3, -0.25) is 14.0 Å². The summed E-state index contributed by atoms with van der Waals surface area (Å²) in [5.41, 5.74) is 0.762. The van der Waals surface area contributed by atoms with Gasteiger partial charge in [0.05, 0.1) is 11.3 Å². The Kier molecular flexibility index (Phi) is 3.38. The van der Waals surface area contributed by atoms with Crippen LogP contribution in [0.4, 0.5) is 4.39 Å². The number of nitrogens with zero attached hydrogens (tertiary/aromatic N) is 4. The number of hydrogen-bond donors (Lipinski definition) is 1. The number of thioether (sulfide) groups is 1. The molecule has 3 aromatic rings. The zero-order chi connectivity index (χ0) is 15.0. The topological polar surface area (TPSA) is 72.9 Å². The van der Waals surface area contributed by atoms with Gasteiger partial charge in [0.15, 0.2) is 16.8 Å². The summed E-state index contributed by atoms with van der Waals surface area (Å²) < 4.78 is 17.1. The highest BCUT2D eigenvalue weighted by molar-refractivity contribution is 7.99. The van der Waals surface area contributed by atoms with E-state index in [9.17, 15) is 9.18 Å². The Morgan fingerprint density at radius 2 is 2.24 bits per heavy atom. The molecule has 0 amide bonds. The maximum atomic E-state index is 13.9. The second-order valence-corrected chi connectivity index (χ2v) is 5.31. The van der Waals surface area contributed by atoms with E-state index in [4.69, 9.17) is 5.11 Å². The van der Waals surface area contributed by atoms with E-state index in [1.54, 1.807) is 40.7 Å². The average molecular weight is 306 g/mol. The Balaban J connectivity index is 2.20. The van der Waals surface area contributed by atoms with E-state index >= 15 is 0 Å². The highest BCUT2D eigenvalue weighted by Crippen LogP contribution is 2.28. The predicted molar refractivity (Wildman–Crippen MR) is 76.2 cm³/mol. The van der Waals surface area contributed by atoms with Gasteiger partial charge in [-0.25, -0.2) is 9.37 Å². The minimum Gasteiger partial charge on any atom is -0.481 e. The molecule has 0 aliphatic heterocycles. The van der Waals surface area contributed by atoms with Gasteiger partial charge < -0.3 is 5.11 Å². The van der Waals surface area contributed by atoms with Crippen LogP contribution in [0.2, 0.25) is 0 Å². The van der Waals surface area contributed by atoms with Gasteiger partial charge in [-0.05, 0) is 12.1 Å². The number of carboxylic acid groups (broad SMARTS) is 1. The lowest BCUT2D eigenvalue weighted by atomic mass is 10.3. The lowest BCUT2D eigenvalue weighted by Gasteiger charge is -2.04. The molecule has 0 saturated heterocycles. The second kappa shape index (κ2) is 5.21. The molecule has 108 valence electrons. The van der Waals surface area contributed by atoms with Crippen LogP contribution in [0.5, 0.6) is 0 Å². The van der Waals surface area contributed by atoms with Gasteiger partial charge in [0.2, 0.25) is 0 Å². The molecule has 0 unspecified atom stereocenters. The van der Waals surface area contributed by atoms with E-state index in [1.165, 1.54) is 6.07 Å². The summed E-state index contributed by atoms with van der Waals surface area (Å²) in [5.74, 6) is -0.990. The Morgan fingerprint density at radius 1 is 1.43 bits per heavy atom. The van der Waals surface area contributed by atoms with Crippen LogP contribution in [-0.2, 0) is 11.8 Å². The molecular formula is C13H11FN4O2S. The van der Waals surface area contributed by atoms with Crippen LogP contribution in [0, 0.1) is 5.82 Å². The molecule has 3 rings (SSSR count). The summed E-state index contributed by atoms with van der Waals surface area (Å²) in [6.45, 7) is 0. The van der Waals surface area contributed by atoms with Gasteiger partial charge in [-0.1, -0.05) is 17.8 Å². The van der Waals surface area contributed by atoms with Crippen molar-refractivity contribution in [2.75, 3.05) is 5.75 Å². The first-order chi connectivity index (χ1) is 10.1. The van der Waals surface area contributed by atoms with Crippen LogP contribution in [0.1, 0.15) is 0 Å². The lowest BCUT2D eigenvalue weighted by molar-refractivity contribution is -0.133. The third kappa shape index (κ3) is 2.49. The number of halogens is 1. The molecule has 0 atom stereocenters. The maximum Gasteiger partial charge on any atom is 0.313 e. The smallest absolute Gasteiger partial charge is 0.313 e. The third-order valence-electron chi connectivity index (χ3n) is 2.86. The fourth-order valence-electron chi connectivity index (χ4n) is 2.01. The zero-order valence-electron chi connectivity index (χ0n) is 11.0. The van der Waals surface area contributed by atoms with E-state index in [0.717, 1.165) is 11.8 Å². The molecule has 2 heterocycles. The van der Waals surface area contributed by atoms with Crippen molar-refractivity contribution in [2.45, 2.75) is 5.16 Å². The number of carboxylic acids is 1. The molecule has 0 fully saturated rings. The van der Waals surface area contributed by atoms with Crippen LogP contribution in [0.15, 0.2) is 35.6 Å². The van der Waals surface area contributed by atoms with Crippen LogP contribution in [0.3, 0.4) is 0 Å². The van der Waals surface area contributed by atoms with Gasteiger partial charge in [0.25, 0.3) is 0 Å². The van der Waals surface area contributed by atoms with E-state index in [-0.39, 0.29) is 11.3 Å². The lowest BCUT2D eigenvalue weighted by Crippen LogP contribution is -2.02. The third-order valence-corrected chi connectivity index (χ3v) is 3.78. The monoisotopic (exact) mass is 306 g/mol. The Morgan fingerprint density at radius 3 is 2.90 bits per heavy atom. The number of aliphatic carboxylic acids is 1. The number of imidazole rings is 1. The molecule has 1 aromatic carbocycles. The zero-order valence-corrected chi connectivity index (χ0v) is 11.8. The molecule has 0 bridgehead atoms. The molecular weight excluding hydrogens is 295 g/mol. The van der Waals surface area contributed by atoms with Gasteiger partial charge in [0, 0.05) is 19.3 Å². The normalized spacial score (nSPS) is 11.1. The predicted octanol–water partition coefficient (Wildman–Crippen LogP) is 2.07. The summed E-state index contributed by atoms with van der Waals surface area (Å²) in [6, 6.07) is 6.40. The van der Waals surface area contributed by atoms with Crippen molar-refractivity contribution in [1.29, 1.82) is 0 Å². The van der Waals surface area contributed by atoms with E-state index in [0.29, 0.717) is 16.5 Å². The molecule has 0 radical (unpaired) electrons. The Labute approximate surface area is 123 Å². The first-order valence-corrected chi connectivity index (χ1v) is 7.06. The molecule has 2 aromatic heterocycles. The minimum absolute atomic E-state index is 0.155. The largest absolute Gasteiger partial charge is 0.481 e. The van der Waals surface area contributed by atoms with Crippen molar-refractivity contribution in [3.8, 4) is 5.82 Å². The average Bonchev–Trinajstić information content (AvgIpc) is 3.00. The first-order valence-electron chi connectivity index (χ1n) is 6.08. The molecule has 8 heteroatoms. The van der Waals surface area contributed by atoms with E-state index < -0.39 is 11.8 Å². The van der Waals surface area contributed by atoms with Crippen molar-refractivity contribution in [1.82, 2.24) is 19.3 Å². The highest BCUT2D eigenvalue weighted by atomic mass is 32.2. The summed E-state index contributed by atoms with van der Waals surface area (Å²) in [6.07, 6.45) is 1.76. The number of benzene rings is 1. The molecule has 21 heavy (non-hydrogen) atoms. The SMILES string of the molecule is Cn1ccc(-n2c(SCC(=O)O)nc3c(F)cccc32)n1. The van der Waals surface area contributed by atoms with Crippen LogP contribution >= 0.6 is 11.8 Å². The summed E-state index contributed by atoms with van der Waals surface area (Å²) >= 11 is 1.03. The number of hydrogen-bond acceptors (Lipinski definition) is 4. The van der Waals surface area contributed by atoms with Gasteiger partial charge in [-0.15, -0.1) is 0 Å². The van der Waals surface area contributed by atoms with Crippen molar-refractivity contribution in [3.63, 3.8) is 0 Å². The van der Waals surface area contributed by atoms with Gasteiger partial charge in [-0.2, -0.15) is 5.10 Å². The van der Waals surface area contributed by atoms with Crippen molar-refractivity contribution < 1.29 is 14.3 Å². The number of para-hydroxylation sites is 1. The fourth-order valence-corrected chi connectivity index (χ4v) is 2.74. The fraction of sp³-hybridized carbons (Fsp3) is 0.154. The number of aromatic nitrogens is 4. The number of rotatable bonds is 4. The van der Waals surface area contributed by atoms with Gasteiger partial charge >= 0.3 is 5.97 Å². The number of carbonyl (C=O) groups is 1. The summed E-state index contributed by atoms with van der Waals surface area (Å²) in [5, 5.41) is 13.5. The highest BCUT2D eigenvalue weighted by Gasteiger charge is 2.17. The standard InChI is InChI=1S/C13H11FN4O2S/c1-17-6-5-10(16-17)18-9-4-2-3-8(14)12(9)15-13(18)21-7-11(19)20/h2-6H,7H2,1H3,(H,19,20). The molecule has 1 N–H and O–H groups in total. The minimum atomic E-state index is -0.958. The van der Waals surface area contributed by atoms with Crippen molar-refractivity contribution in [2.24, 2.45) is 7.05 Å². The van der Waals surface area contributed by atoms with Crippen LogP contribution in [0.25, 0.3) is 16.9 Å². The molecule has 0 saturated carbocycles. The Hall–Kier alpha value is -2.35. The number of aryl methyl sites for hydroxylation is 1. The Bertz CT molecular complexity index is 827. The summed E-state index contributed by atoms with van der Waals surface area (Å²) in [4.78, 5) is 15.0. The van der Waals surface area contributed by atoms with Crippen LogP contribution in [-0.4, -0.2) is 36.2 Å². The molecule has 0 aliphatic rings. The number of fused-ring (bicyclic) bond motifs is 1. The quantitative estimate of drug-likeness (QED) is 0.747. The second-order valence-electron chi connectivity index (χ2n) is 4.37. The molecule has 0 spiro atoms. The van der Waals surface area contributed by atoms with Crippen molar-refractivity contribution in [3.05, 3.63) is 36.3 Å². The van der Waals surface area contributed by atoms with Crippen LogP contribution < -0.4 is 0 Å².